The molecule has 0 bridgehead atoms. The molecular formula is C12H20N2O2S2. The molecule has 0 radical (unpaired) electrons. The summed E-state index contributed by atoms with van der Waals surface area (Å²) in [5, 5.41) is 0. The first kappa shape index (κ1) is 14.0. The molecule has 1 aromatic heterocycles. The maximum Gasteiger partial charge on any atom is 0.252 e. The molecule has 102 valence electrons. The van der Waals surface area contributed by atoms with E-state index < -0.39 is 10.0 Å². The van der Waals surface area contributed by atoms with E-state index >= 15 is 0 Å². The second-order valence-corrected chi connectivity index (χ2v) is 8.12. The van der Waals surface area contributed by atoms with Gasteiger partial charge in [-0.05, 0) is 44.4 Å². The second-order valence-electron chi connectivity index (χ2n) is 4.84. The van der Waals surface area contributed by atoms with E-state index in [1.807, 2.05) is 19.9 Å². The van der Waals surface area contributed by atoms with Crippen LogP contribution in [-0.4, -0.2) is 31.9 Å². The Labute approximate surface area is 113 Å². The first-order valence-electron chi connectivity index (χ1n) is 6.29. The maximum absolute atomic E-state index is 12.5. The minimum Gasteiger partial charge on any atom is -0.330 e. The molecule has 2 heterocycles. The Morgan fingerprint density at radius 2 is 2.22 bits per heavy atom. The Kier molecular flexibility index (Phi) is 4.11. The van der Waals surface area contributed by atoms with Crippen LogP contribution in [0, 0.1) is 5.92 Å². The van der Waals surface area contributed by atoms with Gasteiger partial charge in [0.1, 0.15) is 4.21 Å². The summed E-state index contributed by atoms with van der Waals surface area (Å²) in [6.45, 7) is 5.10. The van der Waals surface area contributed by atoms with Gasteiger partial charge in [-0.2, -0.15) is 4.31 Å². The second kappa shape index (κ2) is 5.28. The number of sulfonamides is 1. The van der Waals surface area contributed by atoms with Crippen LogP contribution in [0.4, 0.5) is 0 Å². The number of hydrogen-bond donors (Lipinski definition) is 1. The molecule has 0 spiro atoms. The van der Waals surface area contributed by atoms with E-state index in [4.69, 9.17) is 5.73 Å². The lowest BCUT2D eigenvalue weighted by Gasteiger charge is -2.19. The van der Waals surface area contributed by atoms with E-state index in [-0.39, 0.29) is 6.04 Å². The standard InChI is InChI=1S/C12H20N2O2S2/c1-3-11-4-5-12(17-11)18(15,16)14-8-10(7-13)6-9(14)2/h4-5,9-10H,3,6-8,13H2,1-2H3. The Morgan fingerprint density at radius 1 is 1.50 bits per heavy atom. The third-order valence-corrected chi connectivity index (χ3v) is 7.16. The molecular weight excluding hydrogens is 268 g/mol. The lowest BCUT2D eigenvalue weighted by atomic mass is 10.1. The van der Waals surface area contributed by atoms with E-state index in [9.17, 15) is 8.42 Å². The summed E-state index contributed by atoms with van der Waals surface area (Å²) in [7, 11) is -3.32. The molecule has 1 saturated heterocycles. The molecule has 0 saturated carbocycles. The van der Waals surface area contributed by atoms with Crippen LogP contribution in [-0.2, 0) is 16.4 Å². The van der Waals surface area contributed by atoms with Crippen LogP contribution in [0.3, 0.4) is 0 Å². The van der Waals surface area contributed by atoms with Gasteiger partial charge in [0.15, 0.2) is 0 Å². The van der Waals surface area contributed by atoms with Gasteiger partial charge in [-0.15, -0.1) is 11.3 Å². The Bertz CT molecular complexity index is 510. The average molecular weight is 288 g/mol. The topological polar surface area (TPSA) is 63.4 Å². The largest absolute Gasteiger partial charge is 0.330 e. The number of nitrogens with zero attached hydrogens (tertiary/aromatic N) is 1. The molecule has 2 N–H and O–H groups in total. The van der Waals surface area contributed by atoms with Gasteiger partial charge in [-0.1, -0.05) is 6.92 Å². The SMILES string of the molecule is CCc1ccc(S(=O)(=O)N2CC(CN)CC2C)s1. The van der Waals surface area contributed by atoms with E-state index in [1.165, 1.54) is 11.3 Å². The van der Waals surface area contributed by atoms with Crippen molar-refractivity contribution < 1.29 is 8.42 Å². The summed E-state index contributed by atoms with van der Waals surface area (Å²) in [5.41, 5.74) is 5.65. The zero-order chi connectivity index (χ0) is 13.3. The fraction of sp³-hybridized carbons (Fsp3) is 0.667. The van der Waals surface area contributed by atoms with E-state index in [1.54, 1.807) is 10.4 Å². The van der Waals surface area contributed by atoms with Crippen LogP contribution in [0.25, 0.3) is 0 Å². The van der Waals surface area contributed by atoms with Crippen LogP contribution in [0.1, 0.15) is 25.1 Å². The molecule has 1 fully saturated rings. The van der Waals surface area contributed by atoms with Crippen molar-refractivity contribution in [1.29, 1.82) is 0 Å². The summed E-state index contributed by atoms with van der Waals surface area (Å²) >= 11 is 1.38. The van der Waals surface area contributed by atoms with E-state index in [0.29, 0.717) is 23.2 Å². The minimum atomic E-state index is -3.32. The third-order valence-electron chi connectivity index (χ3n) is 3.49. The van der Waals surface area contributed by atoms with Gasteiger partial charge in [-0.25, -0.2) is 8.42 Å². The van der Waals surface area contributed by atoms with Crippen LogP contribution >= 0.6 is 11.3 Å². The first-order chi connectivity index (χ1) is 8.48. The molecule has 0 amide bonds. The first-order valence-corrected chi connectivity index (χ1v) is 8.55. The van der Waals surface area contributed by atoms with Crippen molar-refractivity contribution in [2.24, 2.45) is 11.7 Å². The van der Waals surface area contributed by atoms with Crippen LogP contribution in [0.5, 0.6) is 0 Å². The zero-order valence-electron chi connectivity index (χ0n) is 10.8. The molecule has 0 aliphatic carbocycles. The molecule has 1 aromatic rings. The van der Waals surface area contributed by atoms with E-state index in [0.717, 1.165) is 17.7 Å². The lowest BCUT2D eigenvalue weighted by Crippen LogP contribution is -2.34. The van der Waals surface area contributed by atoms with Crippen LogP contribution in [0.15, 0.2) is 16.3 Å². The molecule has 4 nitrogen and oxygen atoms in total. The van der Waals surface area contributed by atoms with Gasteiger partial charge in [0.05, 0.1) is 0 Å². The number of rotatable bonds is 4. The smallest absolute Gasteiger partial charge is 0.252 e. The minimum absolute atomic E-state index is 0.0516. The normalized spacial score (nSPS) is 25.7. The number of aryl methyl sites for hydroxylation is 1. The van der Waals surface area contributed by atoms with Crippen molar-refractivity contribution in [2.75, 3.05) is 13.1 Å². The molecule has 1 aliphatic rings. The summed E-state index contributed by atoms with van der Waals surface area (Å²) in [4.78, 5) is 1.11. The van der Waals surface area contributed by atoms with Gasteiger partial charge in [0.25, 0.3) is 10.0 Å². The lowest BCUT2D eigenvalue weighted by molar-refractivity contribution is 0.406. The quantitative estimate of drug-likeness (QED) is 0.916. The Hall–Kier alpha value is -0.430. The number of thiophene rings is 1. The molecule has 6 heteroatoms. The average Bonchev–Trinajstić information content (AvgIpc) is 2.95. The maximum atomic E-state index is 12.5. The van der Waals surface area contributed by atoms with Gasteiger partial charge in [0, 0.05) is 17.5 Å². The summed E-state index contributed by atoms with van der Waals surface area (Å²) in [6.07, 6.45) is 1.74. The Morgan fingerprint density at radius 3 is 2.72 bits per heavy atom. The fourth-order valence-electron chi connectivity index (χ4n) is 2.42. The fourth-order valence-corrected chi connectivity index (χ4v) is 5.56. The predicted molar refractivity (Wildman–Crippen MR) is 74.2 cm³/mol. The zero-order valence-corrected chi connectivity index (χ0v) is 12.4. The molecule has 2 unspecified atom stereocenters. The predicted octanol–water partition coefficient (Wildman–Crippen LogP) is 1.67. The van der Waals surface area contributed by atoms with Crippen molar-refractivity contribution in [2.45, 2.75) is 36.9 Å². The molecule has 1 aliphatic heterocycles. The van der Waals surface area contributed by atoms with Crippen molar-refractivity contribution in [3.05, 3.63) is 17.0 Å². The highest BCUT2D eigenvalue weighted by Gasteiger charge is 2.37. The highest BCUT2D eigenvalue weighted by molar-refractivity contribution is 7.91. The van der Waals surface area contributed by atoms with Gasteiger partial charge in [-0.3, -0.25) is 0 Å². The van der Waals surface area contributed by atoms with Crippen molar-refractivity contribution >= 4 is 21.4 Å². The van der Waals surface area contributed by atoms with Crippen molar-refractivity contribution in [1.82, 2.24) is 4.31 Å². The molecule has 2 rings (SSSR count). The van der Waals surface area contributed by atoms with Gasteiger partial charge < -0.3 is 5.73 Å². The van der Waals surface area contributed by atoms with Crippen molar-refractivity contribution in [3.8, 4) is 0 Å². The number of nitrogens with two attached hydrogens (primary N) is 1. The van der Waals surface area contributed by atoms with Crippen LogP contribution < -0.4 is 5.73 Å². The third kappa shape index (κ3) is 2.47. The highest BCUT2D eigenvalue weighted by Crippen LogP contribution is 2.32. The molecule has 2 atom stereocenters. The van der Waals surface area contributed by atoms with Crippen LogP contribution in [0.2, 0.25) is 0 Å². The highest BCUT2D eigenvalue weighted by atomic mass is 32.2. The summed E-state index contributed by atoms with van der Waals surface area (Å²) < 4.78 is 27.1. The molecule has 18 heavy (non-hydrogen) atoms. The summed E-state index contributed by atoms with van der Waals surface area (Å²) in [6, 6.07) is 3.68. The van der Waals surface area contributed by atoms with Gasteiger partial charge >= 0.3 is 0 Å². The monoisotopic (exact) mass is 288 g/mol. The van der Waals surface area contributed by atoms with Gasteiger partial charge in [0.2, 0.25) is 0 Å². The molecule has 0 aromatic carbocycles. The summed E-state index contributed by atoms with van der Waals surface area (Å²) in [5.74, 6) is 0.292. The van der Waals surface area contributed by atoms with E-state index in [2.05, 4.69) is 0 Å². The van der Waals surface area contributed by atoms with Crippen molar-refractivity contribution in [3.63, 3.8) is 0 Å². The number of hydrogen-bond acceptors (Lipinski definition) is 4. The Balaban J connectivity index is 2.26.